The topological polar surface area (TPSA) is 81.8 Å². The van der Waals surface area contributed by atoms with Crippen molar-refractivity contribution in [2.24, 2.45) is 4.99 Å². The molecule has 1 heterocycles. The molecule has 1 aliphatic rings. The standard InChI is InChI=1S/C14H12N2O4/c1-3-4-5-11-14(17)20-13(15-11)10-7-6-9(2)12(8-10)16(18)19/h3-8H,1-2H3/b4-3+,11-5-. The number of carbonyl (C=O) groups excluding carboxylic acids is 1. The zero-order chi connectivity index (χ0) is 14.7. The minimum Gasteiger partial charge on any atom is -0.402 e. The van der Waals surface area contributed by atoms with Crippen LogP contribution in [0.3, 0.4) is 0 Å². The molecule has 0 radical (unpaired) electrons. The molecule has 1 aromatic carbocycles. The second-order valence-electron chi connectivity index (χ2n) is 4.14. The van der Waals surface area contributed by atoms with Crippen LogP contribution < -0.4 is 0 Å². The number of allylic oxidation sites excluding steroid dienone is 3. The molecule has 6 nitrogen and oxygen atoms in total. The van der Waals surface area contributed by atoms with E-state index in [2.05, 4.69) is 4.99 Å². The van der Waals surface area contributed by atoms with E-state index in [1.54, 1.807) is 31.2 Å². The molecular formula is C14H12N2O4. The highest BCUT2D eigenvalue weighted by molar-refractivity contribution is 6.11. The number of ether oxygens (including phenoxy) is 1. The summed E-state index contributed by atoms with van der Waals surface area (Å²) in [5.41, 5.74) is 1.07. The van der Waals surface area contributed by atoms with Crippen LogP contribution in [0.4, 0.5) is 5.69 Å². The molecule has 2 rings (SSSR count). The molecule has 0 bridgehead atoms. The summed E-state index contributed by atoms with van der Waals surface area (Å²) in [6.07, 6.45) is 4.95. The van der Waals surface area contributed by atoms with Crippen LogP contribution in [0.2, 0.25) is 0 Å². The Morgan fingerprint density at radius 2 is 2.15 bits per heavy atom. The van der Waals surface area contributed by atoms with E-state index in [0.717, 1.165) is 0 Å². The molecule has 0 spiro atoms. The Labute approximate surface area is 115 Å². The van der Waals surface area contributed by atoms with Crippen molar-refractivity contribution in [1.82, 2.24) is 0 Å². The number of nitro groups is 1. The van der Waals surface area contributed by atoms with Crippen LogP contribution in [0.25, 0.3) is 0 Å². The predicted octanol–water partition coefficient (Wildman–Crippen LogP) is 2.67. The highest BCUT2D eigenvalue weighted by Crippen LogP contribution is 2.23. The van der Waals surface area contributed by atoms with Gasteiger partial charge in [-0.2, -0.15) is 0 Å². The first-order valence-electron chi connectivity index (χ1n) is 5.92. The fourth-order valence-electron chi connectivity index (χ4n) is 1.67. The Bertz CT molecular complexity index is 672. The molecule has 0 amide bonds. The van der Waals surface area contributed by atoms with E-state index < -0.39 is 10.9 Å². The molecular weight excluding hydrogens is 260 g/mol. The largest absolute Gasteiger partial charge is 0.402 e. The van der Waals surface area contributed by atoms with Gasteiger partial charge in [-0.25, -0.2) is 9.79 Å². The Hall–Kier alpha value is -2.76. The maximum absolute atomic E-state index is 11.6. The average molecular weight is 272 g/mol. The predicted molar refractivity (Wildman–Crippen MR) is 73.4 cm³/mol. The zero-order valence-corrected chi connectivity index (χ0v) is 11.0. The number of benzene rings is 1. The number of esters is 1. The molecule has 0 unspecified atom stereocenters. The van der Waals surface area contributed by atoms with Crippen LogP contribution >= 0.6 is 0 Å². The third-order valence-electron chi connectivity index (χ3n) is 2.72. The molecule has 0 aromatic heterocycles. The molecule has 0 N–H and O–H groups in total. The van der Waals surface area contributed by atoms with Crippen LogP contribution in [0.15, 0.2) is 47.1 Å². The molecule has 0 saturated carbocycles. The Morgan fingerprint density at radius 1 is 1.40 bits per heavy atom. The van der Waals surface area contributed by atoms with Gasteiger partial charge in [0.15, 0.2) is 5.70 Å². The van der Waals surface area contributed by atoms with Gasteiger partial charge in [0.1, 0.15) is 0 Å². The van der Waals surface area contributed by atoms with Gasteiger partial charge in [-0.05, 0) is 26.0 Å². The van der Waals surface area contributed by atoms with Crippen molar-refractivity contribution < 1.29 is 14.5 Å². The maximum atomic E-state index is 11.6. The molecule has 0 fully saturated rings. The Kier molecular flexibility index (Phi) is 3.74. The zero-order valence-electron chi connectivity index (χ0n) is 11.0. The van der Waals surface area contributed by atoms with Crippen molar-refractivity contribution in [3.05, 3.63) is 63.4 Å². The first-order chi connectivity index (χ1) is 9.52. The van der Waals surface area contributed by atoms with Crippen molar-refractivity contribution in [2.45, 2.75) is 13.8 Å². The van der Waals surface area contributed by atoms with Crippen molar-refractivity contribution in [2.75, 3.05) is 0 Å². The second-order valence-corrected chi connectivity index (χ2v) is 4.14. The number of hydrogen-bond donors (Lipinski definition) is 0. The van der Waals surface area contributed by atoms with Crippen molar-refractivity contribution in [1.29, 1.82) is 0 Å². The van der Waals surface area contributed by atoms with E-state index in [4.69, 9.17) is 4.74 Å². The quantitative estimate of drug-likeness (QED) is 0.366. The number of nitrogens with zero attached hydrogens (tertiary/aromatic N) is 2. The molecule has 102 valence electrons. The minimum absolute atomic E-state index is 0.0351. The van der Waals surface area contributed by atoms with Crippen LogP contribution in [0.1, 0.15) is 18.1 Å². The SMILES string of the molecule is C/C=C/C=C1\N=C(c2ccc(C)c([N+](=O)[O-])c2)OC1=O. The van der Waals surface area contributed by atoms with Gasteiger partial charge in [0, 0.05) is 17.2 Å². The van der Waals surface area contributed by atoms with Crippen molar-refractivity contribution >= 4 is 17.6 Å². The van der Waals surface area contributed by atoms with Crippen molar-refractivity contribution in [3.63, 3.8) is 0 Å². The lowest BCUT2D eigenvalue weighted by molar-refractivity contribution is -0.385. The first-order valence-corrected chi connectivity index (χ1v) is 5.92. The van der Waals surface area contributed by atoms with Gasteiger partial charge in [-0.3, -0.25) is 10.1 Å². The Morgan fingerprint density at radius 3 is 2.80 bits per heavy atom. The van der Waals surface area contributed by atoms with Crippen LogP contribution in [-0.4, -0.2) is 16.8 Å². The summed E-state index contributed by atoms with van der Waals surface area (Å²) < 4.78 is 5.02. The lowest BCUT2D eigenvalue weighted by atomic mass is 10.1. The van der Waals surface area contributed by atoms with E-state index >= 15 is 0 Å². The number of nitro benzene ring substituents is 1. The molecule has 0 aliphatic carbocycles. The number of hydrogen-bond acceptors (Lipinski definition) is 5. The lowest BCUT2D eigenvalue weighted by Crippen LogP contribution is -2.06. The summed E-state index contributed by atoms with van der Waals surface area (Å²) >= 11 is 0. The van der Waals surface area contributed by atoms with Crippen LogP contribution in [0, 0.1) is 17.0 Å². The third-order valence-corrected chi connectivity index (χ3v) is 2.72. The van der Waals surface area contributed by atoms with Gasteiger partial charge in [-0.15, -0.1) is 0 Å². The summed E-state index contributed by atoms with van der Waals surface area (Å²) in [6, 6.07) is 4.57. The molecule has 0 atom stereocenters. The van der Waals surface area contributed by atoms with Crippen molar-refractivity contribution in [3.8, 4) is 0 Å². The fourth-order valence-corrected chi connectivity index (χ4v) is 1.67. The molecule has 1 aliphatic heterocycles. The molecule has 1 aromatic rings. The van der Waals surface area contributed by atoms with E-state index in [-0.39, 0.29) is 17.3 Å². The van der Waals surface area contributed by atoms with E-state index in [1.165, 1.54) is 12.1 Å². The number of aryl methyl sites for hydroxylation is 1. The number of rotatable bonds is 3. The molecule has 0 saturated heterocycles. The normalized spacial score (nSPS) is 16.6. The third kappa shape index (κ3) is 2.64. The smallest absolute Gasteiger partial charge is 0.363 e. The second kappa shape index (κ2) is 5.48. The molecule has 6 heteroatoms. The van der Waals surface area contributed by atoms with E-state index in [9.17, 15) is 14.9 Å². The number of carbonyl (C=O) groups is 1. The van der Waals surface area contributed by atoms with Gasteiger partial charge < -0.3 is 4.74 Å². The van der Waals surface area contributed by atoms with Gasteiger partial charge in [0.05, 0.1) is 4.92 Å². The van der Waals surface area contributed by atoms with Gasteiger partial charge in [0.25, 0.3) is 5.69 Å². The highest BCUT2D eigenvalue weighted by Gasteiger charge is 2.25. The summed E-state index contributed by atoms with van der Waals surface area (Å²) in [5.74, 6) is -0.491. The number of cyclic esters (lactones) is 1. The monoisotopic (exact) mass is 272 g/mol. The highest BCUT2D eigenvalue weighted by atomic mass is 16.6. The van der Waals surface area contributed by atoms with E-state index in [1.807, 2.05) is 6.92 Å². The average Bonchev–Trinajstić information content (AvgIpc) is 2.78. The van der Waals surface area contributed by atoms with Gasteiger partial charge >= 0.3 is 5.97 Å². The van der Waals surface area contributed by atoms with E-state index in [0.29, 0.717) is 11.1 Å². The van der Waals surface area contributed by atoms with Crippen LogP contribution in [0.5, 0.6) is 0 Å². The fraction of sp³-hybridized carbons (Fsp3) is 0.143. The van der Waals surface area contributed by atoms with Crippen LogP contribution in [-0.2, 0) is 9.53 Å². The summed E-state index contributed by atoms with van der Waals surface area (Å²) in [7, 11) is 0. The Balaban J connectivity index is 2.41. The van der Waals surface area contributed by atoms with Gasteiger partial charge in [0.2, 0.25) is 5.90 Å². The summed E-state index contributed by atoms with van der Waals surface area (Å²) in [6.45, 7) is 3.45. The first kappa shape index (κ1) is 13.7. The molecule has 20 heavy (non-hydrogen) atoms. The van der Waals surface area contributed by atoms with Gasteiger partial charge in [-0.1, -0.05) is 18.2 Å². The lowest BCUT2D eigenvalue weighted by Gasteiger charge is -2.01. The number of aliphatic imine (C=N–C) groups is 1. The summed E-state index contributed by atoms with van der Waals surface area (Å²) in [5, 5.41) is 10.9. The maximum Gasteiger partial charge on any atom is 0.363 e. The minimum atomic E-state index is -0.568. The summed E-state index contributed by atoms with van der Waals surface area (Å²) in [4.78, 5) is 26.0.